The molecule has 0 amide bonds. The molecular formula is C20H34O4Si2. The van der Waals surface area contributed by atoms with Crippen molar-refractivity contribution in [2.75, 3.05) is 6.61 Å². The highest BCUT2D eigenvalue weighted by Gasteiger charge is 2.28. The van der Waals surface area contributed by atoms with Gasteiger partial charge in [0.2, 0.25) is 22.4 Å². The molecule has 6 heteroatoms. The molecule has 0 unspecified atom stereocenters. The summed E-state index contributed by atoms with van der Waals surface area (Å²) < 4.78 is 24.2. The zero-order valence-electron chi connectivity index (χ0n) is 17.8. The Morgan fingerprint density at radius 2 is 1.38 bits per heavy atom. The van der Waals surface area contributed by atoms with Gasteiger partial charge < -0.3 is 18.3 Å². The van der Waals surface area contributed by atoms with E-state index in [0.717, 1.165) is 11.1 Å². The van der Waals surface area contributed by atoms with Gasteiger partial charge in [0.15, 0.2) is 0 Å². The van der Waals surface area contributed by atoms with Crippen LogP contribution in [0.4, 0.5) is 0 Å². The molecule has 0 N–H and O–H groups in total. The first-order valence-electron chi connectivity index (χ1n) is 9.01. The average molecular weight is 395 g/mol. The van der Waals surface area contributed by atoms with Crippen molar-refractivity contribution in [2.45, 2.75) is 60.1 Å². The van der Waals surface area contributed by atoms with Crippen LogP contribution in [-0.4, -0.2) is 23.2 Å². The lowest BCUT2D eigenvalue weighted by Crippen LogP contribution is -2.29. The highest BCUT2D eigenvalue weighted by Crippen LogP contribution is 2.28. The van der Waals surface area contributed by atoms with E-state index in [1.54, 1.807) is 0 Å². The molecular weight excluding hydrogens is 360 g/mol. The maximum atomic E-state index is 6.19. The third-order valence-corrected chi connectivity index (χ3v) is 4.61. The second kappa shape index (κ2) is 8.82. The number of rotatable bonds is 9. The van der Waals surface area contributed by atoms with E-state index in [-0.39, 0.29) is 0 Å². The molecule has 0 atom stereocenters. The van der Waals surface area contributed by atoms with Crippen LogP contribution in [0.5, 0.6) is 5.75 Å². The molecule has 146 valence electrons. The summed E-state index contributed by atoms with van der Waals surface area (Å²) in [4.78, 5) is 0. The SMILES string of the molecule is C=C(O[Si](C)(C)C)/C(Oc1cc(C)cc(C)c1)=C(/OCC)O[Si](C)(C)C. The van der Waals surface area contributed by atoms with Crippen LogP contribution < -0.4 is 4.74 Å². The Labute approximate surface area is 161 Å². The van der Waals surface area contributed by atoms with E-state index in [4.69, 9.17) is 18.3 Å². The molecule has 1 rings (SSSR count). The number of aryl methyl sites for hydroxylation is 2. The van der Waals surface area contributed by atoms with Crippen molar-refractivity contribution in [3.63, 3.8) is 0 Å². The summed E-state index contributed by atoms with van der Waals surface area (Å²) in [6.45, 7) is 23.2. The van der Waals surface area contributed by atoms with Crippen LogP contribution >= 0.6 is 0 Å². The summed E-state index contributed by atoms with van der Waals surface area (Å²) in [5, 5.41) is 0. The van der Waals surface area contributed by atoms with Gasteiger partial charge in [-0.2, -0.15) is 0 Å². The average Bonchev–Trinajstić information content (AvgIpc) is 2.39. The summed E-state index contributed by atoms with van der Waals surface area (Å²) in [6, 6.07) is 6.06. The predicted molar refractivity (Wildman–Crippen MR) is 113 cm³/mol. The Hall–Kier alpha value is -1.67. The smallest absolute Gasteiger partial charge is 0.314 e. The molecule has 1 aromatic carbocycles. The van der Waals surface area contributed by atoms with E-state index in [9.17, 15) is 0 Å². The van der Waals surface area contributed by atoms with Crippen molar-refractivity contribution < 1.29 is 18.3 Å². The van der Waals surface area contributed by atoms with Crippen molar-refractivity contribution >= 4 is 16.6 Å². The normalized spacial score (nSPS) is 13.0. The molecule has 0 saturated heterocycles. The molecule has 0 aromatic heterocycles. The highest BCUT2D eigenvalue weighted by atomic mass is 28.4. The first kappa shape index (κ1) is 22.4. The van der Waals surface area contributed by atoms with E-state index < -0.39 is 16.6 Å². The van der Waals surface area contributed by atoms with E-state index >= 15 is 0 Å². The number of hydrogen-bond acceptors (Lipinski definition) is 4. The van der Waals surface area contributed by atoms with Crippen molar-refractivity contribution in [3.05, 3.63) is 53.4 Å². The van der Waals surface area contributed by atoms with Crippen LogP contribution in [-0.2, 0) is 13.6 Å². The van der Waals surface area contributed by atoms with Crippen LogP contribution in [0.15, 0.2) is 42.2 Å². The minimum Gasteiger partial charge on any atom is -0.542 e. The summed E-state index contributed by atoms with van der Waals surface area (Å²) >= 11 is 0. The second-order valence-corrected chi connectivity index (χ2v) is 17.2. The monoisotopic (exact) mass is 394 g/mol. The van der Waals surface area contributed by atoms with Crippen molar-refractivity contribution in [1.29, 1.82) is 0 Å². The number of hydrogen-bond donors (Lipinski definition) is 0. The van der Waals surface area contributed by atoms with E-state index in [1.807, 2.05) is 32.9 Å². The van der Waals surface area contributed by atoms with Crippen molar-refractivity contribution in [3.8, 4) is 5.75 Å². The van der Waals surface area contributed by atoms with Gasteiger partial charge in [0.1, 0.15) is 11.5 Å². The fraction of sp³-hybridized carbons (Fsp3) is 0.500. The van der Waals surface area contributed by atoms with Gasteiger partial charge in [0, 0.05) is 0 Å². The van der Waals surface area contributed by atoms with Crippen LogP contribution in [0.2, 0.25) is 39.3 Å². The van der Waals surface area contributed by atoms with Crippen molar-refractivity contribution in [1.82, 2.24) is 0 Å². The molecule has 4 nitrogen and oxygen atoms in total. The minimum atomic E-state index is -1.91. The van der Waals surface area contributed by atoms with Crippen LogP contribution in [0.1, 0.15) is 18.1 Å². The largest absolute Gasteiger partial charge is 0.542 e. The number of benzene rings is 1. The lowest BCUT2D eigenvalue weighted by molar-refractivity contribution is 0.0925. The first-order valence-corrected chi connectivity index (χ1v) is 15.8. The zero-order valence-corrected chi connectivity index (χ0v) is 19.8. The first-order chi connectivity index (χ1) is 11.8. The Morgan fingerprint density at radius 3 is 1.81 bits per heavy atom. The van der Waals surface area contributed by atoms with Gasteiger partial charge in [0.05, 0.1) is 6.61 Å². The molecule has 0 fully saturated rings. The van der Waals surface area contributed by atoms with E-state index in [0.29, 0.717) is 29.8 Å². The molecule has 0 heterocycles. The van der Waals surface area contributed by atoms with Crippen LogP contribution in [0.3, 0.4) is 0 Å². The lowest BCUT2D eigenvalue weighted by Gasteiger charge is -2.27. The molecule has 1 aromatic rings. The summed E-state index contributed by atoms with van der Waals surface area (Å²) in [5.41, 5.74) is 2.25. The van der Waals surface area contributed by atoms with Crippen molar-refractivity contribution in [2.24, 2.45) is 0 Å². The fourth-order valence-electron chi connectivity index (χ4n) is 2.29. The maximum absolute atomic E-state index is 6.19. The van der Waals surface area contributed by atoms with Gasteiger partial charge in [-0.15, -0.1) is 0 Å². The third kappa shape index (κ3) is 8.14. The molecule has 0 spiro atoms. The third-order valence-electron chi connectivity index (χ3n) is 2.96. The fourth-order valence-corrected chi connectivity index (χ4v) is 3.83. The molecule has 0 saturated carbocycles. The van der Waals surface area contributed by atoms with Gasteiger partial charge >= 0.3 is 5.95 Å². The highest BCUT2D eigenvalue weighted by molar-refractivity contribution is 6.70. The Morgan fingerprint density at radius 1 is 0.885 bits per heavy atom. The Bertz CT molecular complexity index is 647. The molecule has 0 aliphatic rings. The standard InChI is InChI=1S/C20H34O4Si2/c1-11-21-20(24-26(8,9)10)19(17(4)23-25(5,6)7)22-18-13-15(2)12-16(3)14-18/h12-14H,4,11H2,1-3,5-10H3/b20-19+. The van der Waals surface area contributed by atoms with Gasteiger partial charge in [-0.3, -0.25) is 0 Å². The molecule has 0 aliphatic carbocycles. The maximum Gasteiger partial charge on any atom is 0.314 e. The lowest BCUT2D eigenvalue weighted by atomic mass is 10.1. The summed E-state index contributed by atoms with van der Waals surface area (Å²) in [5.74, 6) is 1.94. The van der Waals surface area contributed by atoms with Gasteiger partial charge in [-0.1, -0.05) is 12.6 Å². The molecule has 0 aliphatic heterocycles. The van der Waals surface area contributed by atoms with Gasteiger partial charge in [0.25, 0.3) is 0 Å². The van der Waals surface area contributed by atoms with Crippen LogP contribution in [0.25, 0.3) is 0 Å². The molecule has 0 bridgehead atoms. The van der Waals surface area contributed by atoms with Gasteiger partial charge in [-0.25, -0.2) is 0 Å². The molecule has 26 heavy (non-hydrogen) atoms. The topological polar surface area (TPSA) is 36.9 Å². The predicted octanol–water partition coefficient (Wildman–Crippen LogP) is 6.10. The van der Waals surface area contributed by atoms with Crippen LogP contribution in [0, 0.1) is 13.8 Å². The zero-order chi connectivity index (χ0) is 20.1. The van der Waals surface area contributed by atoms with E-state index in [2.05, 4.69) is 51.9 Å². The second-order valence-electron chi connectivity index (χ2n) is 8.33. The Balaban J connectivity index is 3.38. The number of ether oxygens (including phenoxy) is 2. The quantitative estimate of drug-likeness (QED) is 0.288. The van der Waals surface area contributed by atoms with E-state index in [1.165, 1.54) is 0 Å². The summed E-state index contributed by atoms with van der Waals surface area (Å²) in [6.07, 6.45) is 0. The minimum absolute atomic E-state index is 0.356. The Kier molecular flexibility index (Phi) is 7.59. The molecule has 0 radical (unpaired) electrons. The summed E-state index contributed by atoms with van der Waals surface area (Å²) in [7, 11) is -3.78. The van der Waals surface area contributed by atoms with Gasteiger partial charge in [-0.05, 0) is 83.3 Å².